The van der Waals surface area contributed by atoms with Crippen molar-refractivity contribution in [3.8, 4) is 11.5 Å². The summed E-state index contributed by atoms with van der Waals surface area (Å²) in [4.78, 5) is 14.3. The van der Waals surface area contributed by atoms with E-state index in [1.807, 2.05) is 24.3 Å². The van der Waals surface area contributed by atoms with Gasteiger partial charge in [0.15, 0.2) is 0 Å². The van der Waals surface area contributed by atoms with Gasteiger partial charge in [-0.25, -0.2) is 0 Å². The molecule has 1 amide bonds. The molecule has 2 aliphatic rings. The minimum Gasteiger partial charge on any atom is -0.497 e. The highest BCUT2D eigenvalue weighted by Crippen LogP contribution is 2.38. The van der Waals surface area contributed by atoms with Gasteiger partial charge in [0, 0.05) is 30.6 Å². The molecule has 2 aliphatic heterocycles. The number of hydrogen-bond donors (Lipinski definition) is 1. The number of hydrogen-bond acceptors (Lipinski definition) is 4. The maximum atomic E-state index is 12.5. The fourth-order valence-electron chi connectivity index (χ4n) is 4.98. The van der Waals surface area contributed by atoms with Gasteiger partial charge < -0.3 is 14.8 Å². The fourth-order valence-corrected chi connectivity index (χ4v) is 4.98. The first-order valence-electron chi connectivity index (χ1n) is 11.4. The maximum absolute atomic E-state index is 12.5. The van der Waals surface area contributed by atoms with Crippen molar-refractivity contribution >= 4 is 5.91 Å². The molecule has 1 fully saturated rings. The normalized spacial score (nSPS) is 22.4. The van der Waals surface area contributed by atoms with Crippen molar-refractivity contribution in [2.45, 2.75) is 38.3 Å². The summed E-state index contributed by atoms with van der Waals surface area (Å²) >= 11 is 0. The van der Waals surface area contributed by atoms with E-state index >= 15 is 0 Å². The molecule has 1 N–H and O–H groups in total. The van der Waals surface area contributed by atoms with E-state index in [4.69, 9.17) is 9.47 Å². The van der Waals surface area contributed by atoms with Crippen LogP contribution in [0.3, 0.4) is 0 Å². The second-order valence-corrected chi connectivity index (χ2v) is 8.70. The molecular formula is C26H30F2N2O3. The van der Waals surface area contributed by atoms with Gasteiger partial charge in [-0.05, 0) is 73.7 Å². The number of halogens is 2. The van der Waals surface area contributed by atoms with E-state index in [0.29, 0.717) is 37.4 Å². The van der Waals surface area contributed by atoms with E-state index in [0.717, 1.165) is 30.4 Å². The van der Waals surface area contributed by atoms with Crippen molar-refractivity contribution in [1.82, 2.24) is 10.2 Å². The Hall–Kier alpha value is -2.93. The molecule has 0 unspecified atom stereocenters. The van der Waals surface area contributed by atoms with E-state index in [1.165, 1.54) is 5.56 Å². The molecule has 2 heterocycles. The number of carbonyl (C=O) groups is 1. The van der Waals surface area contributed by atoms with Gasteiger partial charge in [-0.3, -0.25) is 9.69 Å². The first-order chi connectivity index (χ1) is 16.0. The standard InChI is InChI=1S/C26H30F2N2O3/c1-17-24(16-33-21-10-7-19-15-29-26(31)23(19)14-21)22(18-5-8-20(32-2)9-6-18)11-13-30(17)12-3-4-25(27)28/h4-10,14,17,22,24H,3,11-13,15-16H2,1-2H3,(H,29,31)/t17-,22+,24-/m1/s1. The van der Waals surface area contributed by atoms with Gasteiger partial charge in [0.25, 0.3) is 12.0 Å². The third kappa shape index (κ3) is 5.36. The lowest BCUT2D eigenvalue weighted by Crippen LogP contribution is -2.49. The van der Waals surface area contributed by atoms with Gasteiger partial charge in [-0.1, -0.05) is 18.2 Å². The Bertz CT molecular complexity index is 1010. The summed E-state index contributed by atoms with van der Waals surface area (Å²) in [6.07, 6.45) is 0.604. The van der Waals surface area contributed by atoms with Gasteiger partial charge in [0.2, 0.25) is 0 Å². The van der Waals surface area contributed by atoms with E-state index < -0.39 is 6.08 Å². The average molecular weight is 457 g/mol. The second kappa shape index (κ2) is 10.3. The van der Waals surface area contributed by atoms with Gasteiger partial charge in [0.1, 0.15) is 11.5 Å². The summed E-state index contributed by atoms with van der Waals surface area (Å²) in [6, 6.07) is 13.9. The van der Waals surface area contributed by atoms with Crippen LogP contribution in [0, 0.1) is 5.92 Å². The molecule has 176 valence electrons. The van der Waals surface area contributed by atoms with Gasteiger partial charge in [0.05, 0.1) is 13.7 Å². The number of carbonyl (C=O) groups excluding carboxylic acids is 1. The number of nitrogens with one attached hydrogen (secondary N) is 1. The van der Waals surface area contributed by atoms with Crippen molar-refractivity contribution < 1.29 is 23.0 Å². The summed E-state index contributed by atoms with van der Waals surface area (Å²) in [5.41, 5.74) is 2.87. The van der Waals surface area contributed by atoms with Crippen molar-refractivity contribution in [3.63, 3.8) is 0 Å². The average Bonchev–Trinajstić information content (AvgIpc) is 3.19. The second-order valence-electron chi connectivity index (χ2n) is 8.70. The molecule has 0 aromatic heterocycles. The largest absolute Gasteiger partial charge is 0.497 e. The lowest BCUT2D eigenvalue weighted by atomic mass is 9.76. The molecule has 0 bridgehead atoms. The van der Waals surface area contributed by atoms with Crippen LogP contribution in [0.4, 0.5) is 8.78 Å². The summed E-state index contributed by atoms with van der Waals surface area (Å²) in [6.45, 7) is 4.60. The third-order valence-corrected chi connectivity index (χ3v) is 6.91. The molecule has 2 aromatic carbocycles. The summed E-state index contributed by atoms with van der Waals surface area (Å²) in [7, 11) is 1.65. The fraction of sp³-hybridized carbons (Fsp3) is 0.423. The molecule has 1 saturated heterocycles. The number of fused-ring (bicyclic) bond motifs is 1. The first kappa shape index (κ1) is 23.2. The molecule has 2 aromatic rings. The number of likely N-dealkylation sites (tertiary alicyclic amines) is 1. The highest BCUT2D eigenvalue weighted by atomic mass is 19.3. The van der Waals surface area contributed by atoms with E-state index in [-0.39, 0.29) is 23.8 Å². The Labute approximate surface area is 193 Å². The molecule has 7 heteroatoms. The van der Waals surface area contributed by atoms with Gasteiger partial charge >= 0.3 is 0 Å². The highest BCUT2D eigenvalue weighted by Gasteiger charge is 2.36. The van der Waals surface area contributed by atoms with Crippen LogP contribution in [0.5, 0.6) is 11.5 Å². The molecule has 5 nitrogen and oxygen atoms in total. The monoisotopic (exact) mass is 456 g/mol. The number of piperidine rings is 1. The smallest absolute Gasteiger partial charge is 0.266 e. The molecule has 33 heavy (non-hydrogen) atoms. The number of amides is 1. The zero-order valence-electron chi connectivity index (χ0n) is 19.0. The Morgan fingerprint density at radius 1 is 1.18 bits per heavy atom. The molecule has 0 saturated carbocycles. The molecular weight excluding hydrogens is 426 g/mol. The predicted molar refractivity (Wildman–Crippen MR) is 123 cm³/mol. The van der Waals surface area contributed by atoms with Crippen LogP contribution in [-0.2, 0) is 6.54 Å². The lowest BCUT2D eigenvalue weighted by Gasteiger charge is -2.44. The number of methoxy groups -OCH3 is 1. The van der Waals surface area contributed by atoms with Gasteiger partial charge in [-0.15, -0.1) is 0 Å². The lowest BCUT2D eigenvalue weighted by molar-refractivity contribution is 0.0573. The van der Waals surface area contributed by atoms with Crippen molar-refractivity contribution in [3.05, 3.63) is 71.3 Å². The maximum Gasteiger partial charge on any atom is 0.266 e. The Kier molecular flexibility index (Phi) is 7.28. The van der Waals surface area contributed by atoms with Crippen molar-refractivity contribution in [2.75, 3.05) is 26.8 Å². The van der Waals surface area contributed by atoms with Crippen LogP contribution in [0.2, 0.25) is 0 Å². The Morgan fingerprint density at radius 2 is 1.94 bits per heavy atom. The molecule has 0 spiro atoms. The number of rotatable bonds is 8. The van der Waals surface area contributed by atoms with Crippen LogP contribution in [0.1, 0.15) is 47.2 Å². The van der Waals surface area contributed by atoms with E-state index in [2.05, 4.69) is 29.3 Å². The molecule has 0 aliphatic carbocycles. The topological polar surface area (TPSA) is 50.8 Å². The van der Waals surface area contributed by atoms with E-state index in [9.17, 15) is 13.6 Å². The van der Waals surface area contributed by atoms with Crippen LogP contribution < -0.4 is 14.8 Å². The molecule has 0 radical (unpaired) electrons. The molecule has 3 atom stereocenters. The van der Waals surface area contributed by atoms with Crippen LogP contribution in [-0.4, -0.2) is 43.7 Å². The van der Waals surface area contributed by atoms with Crippen LogP contribution in [0.25, 0.3) is 0 Å². The third-order valence-electron chi connectivity index (χ3n) is 6.91. The number of ether oxygens (including phenoxy) is 2. The van der Waals surface area contributed by atoms with Crippen molar-refractivity contribution in [1.29, 1.82) is 0 Å². The van der Waals surface area contributed by atoms with E-state index in [1.54, 1.807) is 13.2 Å². The summed E-state index contributed by atoms with van der Waals surface area (Å²) in [5.74, 6) is 1.85. The minimum absolute atomic E-state index is 0.0723. The number of nitrogens with zero attached hydrogens (tertiary/aromatic N) is 1. The van der Waals surface area contributed by atoms with Crippen LogP contribution >= 0.6 is 0 Å². The zero-order valence-corrected chi connectivity index (χ0v) is 19.0. The minimum atomic E-state index is -1.63. The number of benzene rings is 2. The van der Waals surface area contributed by atoms with Crippen LogP contribution in [0.15, 0.2) is 54.6 Å². The zero-order chi connectivity index (χ0) is 23.4. The summed E-state index contributed by atoms with van der Waals surface area (Å²) in [5, 5.41) is 2.83. The van der Waals surface area contributed by atoms with Crippen molar-refractivity contribution in [2.24, 2.45) is 5.92 Å². The molecule has 4 rings (SSSR count). The predicted octanol–water partition coefficient (Wildman–Crippen LogP) is 4.98. The quantitative estimate of drug-likeness (QED) is 0.609. The Morgan fingerprint density at radius 3 is 2.67 bits per heavy atom. The highest BCUT2D eigenvalue weighted by molar-refractivity contribution is 5.98. The summed E-state index contributed by atoms with van der Waals surface area (Å²) < 4.78 is 36.6. The SMILES string of the molecule is COc1ccc([C@@H]2CCN(CCC=C(F)F)[C@H](C)[C@H]2COc2ccc3c(c2)C(=O)NC3)cc1. The Balaban J connectivity index is 1.52. The van der Waals surface area contributed by atoms with Gasteiger partial charge in [-0.2, -0.15) is 8.78 Å². The first-order valence-corrected chi connectivity index (χ1v) is 11.4.